The lowest BCUT2D eigenvalue weighted by molar-refractivity contribution is 0.919. The van der Waals surface area contributed by atoms with Crippen molar-refractivity contribution in [3.05, 3.63) is 108 Å². The van der Waals surface area contributed by atoms with E-state index in [1.54, 1.807) is 6.08 Å². The molecule has 114 valence electrons. The summed E-state index contributed by atoms with van der Waals surface area (Å²) in [7, 11) is 0. The van der Waals surface area contributed by atoms with Crippen molar-refractivity contribution in [1.82, 2.24) is 0 Å². The second-order valence-electron chi connectivity index (χ2n) is 4.96. The summed E-state index contributed by atoms with van der Waals surface area (Å²) in [5.74, 6) is 0.203. The summed E-state index contributed by atoms with van der Waals surface area (Å²) in [5, 5.41) is 0. The molecule has 0 aromatic carbocycles. The van der Waals surface area contributed by atoms with E-state index in [4.69, 9.17) is 0 Å². The van der Waals surface area contributed by atoms with E-state index in [2.05, 4.69) is 63.1 Å². The molecule has 0 amide bonds. The lowest BCUT2D eigenvalue weighted by Gasteiger charge is -2.17. The fourth-order valence-electron chi connectivity index (χ4n) is 2.87. The van der Waals surface area contributed by atoms with Crippen molar-refractivity contribution in [2.75, 3.05) is 0 Å². The minimum absolute atomic E-state index is 0.203. The van der Waals surface area contributed by atoms with Gasteiger partial charge in [0.05, 0.1) is 0 Å². The van der Waals surface area contributed by atoms with Crippen molar-refractivity contribution >= 4 is 0 Å². The highest BCUT2D eigenvalue weighted by molar-refractivity contribution is 5.67. The molecule has 0 heterocycles. The fourth-order valence-corrected chi connectivity index (χ4v) is 2.87. The minimum atomic E-state index is 0.203. The van der Waals surface area contributed by atoms with Crippen LogP contribution in [0.4, 0.5) is 0 Å². The highest BCUT2D eigenvalue weighted by atomic mass is 14.3. The molecule has 0 N–H and O–H groups in total. The Labute approximate surface area is 135 Å². The third-order valence-corrected chi connectivity index (χ3v) is 3.73. The number of hydrogen-bond donors (Lipinski definition) is 0. The van der Waals surface area contributed by atoms with Gasteiger partial charge in [-0.1, -0.05) is 80.5 Å². The first-order chi connectivity index (χ1) is 10.7. The van der Waals surface area contributed by atoms with Crippen LogP contribution in [-0.2, 0) is 0 Å². The Hall–Kier alpha value is -2.34. The molecule has 22 heavy (non-hydrogen) atoms. The first-order valence-electron chi connectivity index (χ1n) is 7.64. The summed E-state index contributed by atoms with van der Waals surface area (Å²) in [6, 6.07) is 0. The van der Waals surface area contributed by atoms with Gasteiger partial charge in [0.15, 0.2) is 0 Å². The molecular weight excluding hydrogens is 264 g/mol. The van der Waals surface area contributed by atoms with Gasteiger partial charge in [0, 0.05) is 5.92 Å². The Bertz CT molecular complexity index is 585. The number of allylic oxidation sites excluding steroid dienone is 15. The van der Waals surface area contributed by atoms with Crippen LogP contribution in [0.5, 0.6) is 0 Å². The van der Waals surface area contributed by atoms with E-state index < -0.39 is 0 Å². The largest absolute Gasteiger partial charge is 0.0991 e. The molecule has 0 heteroatoms. The second kappa shape index (κ2) is 8.84. The molecule has 0 atom stereocenters. The Kier molecular flexibility index (Phi) is 7.12. The Balaban J connectivity index is 3.65. The molecular formula is C22H26. The maximum atomic E-state index is 4.00. The van der Waals surface area contributed by atoms with Crippen LogP contribution in [-0.4, -0.2) is 0 Å². The lowest BCUT2D eigenvalue weighted by atomic mass is 9.86. The number of rotatable bonds is 7. The lowest BCUT2D eigenvalue weighted by Crippen LogP contribution is -2.05. The second-order valence-corrected chi connectivity index (χ2v) is 4.96. The van der Waals surface area contributed by atoms with Gasteiger partial charge in [-0.05, 0) is 48.6 Å². The van der Waals surface area contributed by atoms with Gasteiger partial charge in [-0.25, -0.2) is 0 Å². The smallest absolute Gasteiger partial charge is 0.0348 e. The maximum absolute atomic E-state index is 4.00. The molecule has 0 saturated heterocycles. The molecule has 0 aromatic rings. The highest BCUT2D eigenvalue weighted by Gasteiger charge is 2.29. The van der Waals surface area contributed by atoms with Crippen LogP contribution in [0.3, 0.4) is 0 Å². The molecule has 0 fully saturated rings. The normalized spacial score (nSPS) is 17.5. The summed E-state index contributed by atoms with van der Waals surface area (Å²) >= 11 is 0. The predicted octanol–water partition coefficient (Wildman–Crippen LogP) is 6.42. The molecule has 0 saturated carbocycles. The van der Waals surface area contributed by atoms with E-state index in [9.17, 15) is 0 Å². The van der Waals surface area contributed by atoms with Crippen LogP contribution < -0.4 is 0 Å². The summed E-state index contributed by atoms with van der Waals surface area (Å²) in [6.07, 6.45) is 20.4. The van der Waals surface area contributed by atoms with Crippen LogP contribution in [0.15, 0.2) is 108 Å². The standard InChI is InChI=1S/C22H26/c1-7-13-16-17(10-4)22-20(14-8-2)18(11-5)19(12-6)21(22)15-9-3/h7-16,22H,1,5-6H2,2-4H3/b14-8-,15-9-,16-13-,17-10+. The monoisotopic (exact) mass is 290 g/mol. The van der Waals surface area contributed by atoms with E-state index in [1.165, 1.54) is 16.7 Å². The van der Waals surface area contributed by atoms with Gasteiger partial charge in [-0.3, -0.25) is 0 Å². The molecule has 1 aliphatic rings. The fraction of sp³-hybridized carbons (Fsp3) is 0.182. The molecule has 1 rings (SSSR count). The average Bonchev–Trinajstić information content (AvgIpc) is 2.82. The van der Waals surface area contributed by atoms with Crippen LogP contribution in [0, 0.1) is 5.92 Å². The van der Waals surface area contributed by atoms with Crippen molar-refractivity contribution in [2.45, 2.75) is 20.8 Å². The molecule has 0 spiro atoms. The van der Waals surface area contributed by atoms with Crippen molar-refractivity contribution in [1.29, 1.82) is 0 Å². The van der Waals surface area contributed by atoms with Gasteiger partial charge in [0.2, 0.25) is 0 Å². The van der Waals surface area contributed by atoms with Gasteiger partial charge < -0.3 is 0 Å². The minimum Gasteiger partial charge on any atom is -0.0991 e. The molecule has 0 radical (unpaired) electrons. The molecule has 0 unspecified atom stereocenters. The molecule has 1 aliphatic carbocycles. The van der Waals surface area contributed by atoms with Gasteiger partial charge >= 0.3 is 0 Å². The summed E-state index contributed by atoms with van der Waals surface area (Å²) < 4.78 is 0. The average molecular weight is 290 g/mol. The van der Waals surface area contributed by atoms with Crippen molar-refractivity contribution in [3.63, 3.8) is 0 Å². The SMILES string of the molecule is C=C/C=C\C(=C/C)C1C(/C=C\C)=C(C=C)C(C=C)=C1/C=C\C. The zero-order valence-corrected chi connectivity index (χ0v) is 14.0. The van der Waals surface area contributed by atoms with Crippen LogP contribution >= 0.6 is 0 Å². The summed E-state index contributed by atoms with van der Waals surface area (Å²) in [6.45, 7) is 17.9. The quantitative estimate of drug-likeness (QED) is 0.474. The van der Waals surface area contributed by atoms with E-state index in [-0.39, 0.29) is 5.92 Å². The third kappa shape index (κ3) is 3.46. The Morgan fingerprint density at radius 3 is 1.68 bits per heavy atom. The van der Waals surface area contributed by atoms with Crippen molar-refractivity contribution in [3.8, 4) is 0 Å². The van der Waals surface area contributed by atoms with Crippen molar-refractivity contribution < 1.29 is 0 Å². The van der Waals surface area contributed by atoms with Crippen molar-refractivity contribution in [2.24, 2.45) is 5.92 Å². The Morgan fingerprint density at radius 1 is 0.864 bits per heavy atom. The van der Waals surface area contributed by atoms with Crippen LogP contribution in [0.2, 0.25) is 0 Å². The topological polar surface area (TPSA) is 0 Å². The van der Waals surface area contributed by atoms with E-state index in [1.807, 2.05) is 32.1 Å². The first kappa shape index (κ1) is 17.7. The van der Waals surface area contributed by atoms with Gasteiger partial charge in [0.1, 0.15) is 0 Å². The predicted molar refractivity (Wildman–Crippen MR) is 101 cm³/mol. The van der Waals surface area contributed by atoms with E-state index in [0.29, 0.717) is 0 Å². The van der Waals surface area contributed by atoms with Gasteiger partial charge in [-0.15, -0.1) is 0 Å². The highest BCUT2D eigenvalue weighted by Crippen LogP contribution is 2.44. The molecule has 0 bridgehead atoms. The van der Waals surface area contributed by atoms with E-state index >= 15 is 0 Å². The first-order valence-corrected chi connectivity index (χ1v) is 7.64. The van der Waals surface area contributed by atoms with Gasteiger partial charge in [-0.2, -0.15) is 0 Å². The van der Waals surface area contributed by atoms with Gasteiger partial charge in [0.25, 0.3) is 0 Å². The molecule has 0 aromatic heterocycles. The molecule has 0 nitrogen and oxygen atoms in total. The maximum Gasteiger partial charge on any atom is 0.0348 e. The third-order valence-electron chi connectivity index (χ3n) is 3.73. The zero-order chi connectivity index (χ0) is 16.5. The van der Waals surface area contributed by atoms with E-state index in [0.717, 1.165) is 11.1 Å². The number of hydrogen-bond acceptors (Lipinski definition) is 0. The Morgan fingerprint density at radius 2 is 1.36 bits per heavy atom. The van der Waals surface area contributed by atoms with Crippen LogP contribution in [0.25, 0.3) is 0 Å². The summed E-state index contributed by atoms with van der Waals surface area (Å²) in [5.41, 5.74) is 6.11. The summed E-state index contributed by atoms with van der Waals surface area (Å²) in [4.78, 5) is 0. The van der Waals surface area contributed by atoms with Crippen LogP contribution in [0.1, 0.15) is 20.8 Å². The zero-order valence-electron chi connectivity index (χ0n) is 14.0. The molecule has 0 aliphatic heterocycles.